The van der Waals surface area contributed by atoms with Gasteiger partial charge in [-0.15, -0.1) is 0 Å². The van der Waals surface area contributed by atoms with Gasteiger partial charge in [0.15, 0.2) is 0 Å². The fourth-order valence-corrected chi connectivity index (χ4v) is 2.53. The van der Waals surface area contributed by atoms with Crippen molar-refractivity contribution in [3.63, 3.8) is 0 Å². The molecule has 1 saturated heterocycles. The standard InChI is InChI=1S/C14H28N2O2/c1-4-14(5-2,11-17)10-15-13(18)16-8-6-7-12(3)9-16/h12,17H,4-11H2,1-3H3,(H,15,18). The number of aliphatic hydroxyl groups is 1. The molecule has 0 spiro atoms. The minimum atomic E-state index is -0.156. The van der Waals surface area contributed by atoms with E-state index in [1.165, 1.54) is 6.42 Å². The first-order valence-electron chi connectivity index (χ1n) is 7.20. The van der Waals surface area contributed by atoms with Crippen molar-refractivity contribution in [3.05, 3.63) is 0 Å². The average molecular weight is 256 g/mol. The molecule has 1 heterocycles. The second-order valence-corrected chi connectivity index (χ2v) is 5.72. The third kappa shape index (κ3) is 3.87. The lowest BCUT2D eigenvalue weighted by atomic mass is 9.83. The maximum atomic E-state index is 12.1. The molecule has 1 aliphatic rings. The Hall–Kier alpha value is -0.770. The van der Waals surface area contributed by atoms with E-state index in [1.807, 2.05) is 4.90 Å². The van der Waals surface area contributed by atoms with Gasteiger partial charge in [0.25, 0.3) is 0 Å². The summed E-state index contributed by atoms with van der Waals surface area (Å²) < 4.78 is 0. The van der Waals surface area contributed by atoms with Gasteiger partial charge in [0.1, 0.15) is 0 Å². The summed E-state index contributed by atoms with van der Waals surface area (Å²) in [5.74, 6) is 0.601. The number of carbonyl (C=O) groups is 1. The molecular formula is C14H28N2O2. The molecule has 2 N–H and O–H groups in total. The van der Waals surface area contributed by atoms with Crippen molar-refractivity contribution < 1.29 is 9.90 Å². The highest BCUT2D eigenvalue weighted by Gasteiger charge is 2.27. The number of rotatable bonds is 5. The molecule has 0 aromatic rings. The van der Waals surface area contributed by atoms with Crippen molar-refractivity contribution in [1.82, 2.24) is 10.2 Å². The summed E-state index contributed by atoms with van der Waals surface area (Å²) in [6.07, 6.45) is 4.09. The Kier molecular flexibility index (Phi) is 5.93. The normalized spacial score (nSPS) is 20.9. The summed E-state index contributed by atoms with van der Waals surface area (Å²) in [6.45, 7) is 8.74. The molecule has 0 aliphatic carbocycles. The van der Waals surface area contributed by atoms with Crippen LogP contribution in [-0.4, -0.2) is 42.3 Å². The van der Waals surface area contributed by atoms with E-state index in [0.717, 1.165) is 32.4 Å². The zero-order valence-corrected chi connectivity index (χ0v) is 12.0. The molecule has 2 amide bonds. The first-order chi connectivity index (χ1) is 8.56. The summed E-state index contributed by atoms with van der Waals surface area (Å²) in [7, 11) is 0. The number of carbonyl (C=O) groups excluding carboxylic acids is 1. The van der Waals surface area contributed by atoms with Gasteiger partial charge in [-0.3, -0.25) is 0 Å². The van der Waals surface area contributed by atoms with Gasteiger partial charge in [0.2, 0.25) is 0 Å². The Bertz CT molecular complexity index is 256. The third-order valence-corrected chi connectivity index (χ3v) is 4.39. The van der Waals surface area contributed by atoms with E-state index in [2.05, 4.69) is 26.1 Å². The highest BCUT2D eigenvalue weighted by Crippen LogP contribution is 2.24. The van der Waals surface area contributed by atoms with Crippen LogP contribution in [0.25, 0.3) is 0 Å². The van der Waals surface area contributed by atoms with Crippen molar-refractivity contribution in [2.45, 2.75) is 46.5 Å². The zero-order valence-electron chi connectivity index (χ0n) is 12.0. The number of nitrogens with zero attached hydrogens (tertiary/aromatic N) is 1. The van der Waals surface area contributed by atoms with Gasteiger partial charge in [-0.1, -0.05) is 20.8 Å². The maximum absolute atomic E-state index is 12.1. The van der Waals surface area contributed by atoms with Crippen LogP contribution >= 0.6 is 0 Å². The van der Waals surface area contributed by atoms with Crippen LogP contribution in [0.5, 0.6) is 0 Å². The maximum Gasteiger partial charge on any atom is 0.317 e. The number of aliphatic hydroxyl groups excluding tert-OH is 1. The number of hydrogen-bond donors (Lipinski definition) is 2. The molecule has 4 nitrogen and oxygen atoms in total. The second kappa shape index (κ2) is 6.98. The van der Waals surface area contributed by atoms with Crippen molar-refractivity contribution in [2.24, 2.45) is 11.3 Å². The van der Waals surface area contributed by atoms with Crippen LogP contribution in [0.3, 0.4) is 0 Å². The van der Waals surface area contributed by atoms with Crippen molar-refractivity contribution in [3.8, 4) is 0 Å². The number of piperidine rings is 1. The first kappa shape index (κ1) is 15.3. The second-order valence-electron chi connectivity index (χ2n) is 5.72. The van der Waals surface area contributed by atoms with Crippen LogP contribution in [0.4, 0.5) is 4.79 Å². The van der Waals surface area contributed by atoms with Gasteiger partial charge < -0.3 is 15.3 Å². The minimum Gasteiger partial charge on any atom is -0.396 e. The summed E-state index contributed by atoms with van der Waals surface area (Å²) in [6, 6.07) is 0.0290. The van der Waals surface area contributed by atoms with Crippen molar-refractivity contribution in [2.75, 3.05) is 26.2 Å². The summed E-state index contributed by atoms with van der Waals surface area (Å²) in [4.78, 5) is 14.0. The molecule has 0 aromatic carbocycles. The largest absolute Gasteiger partial charge is 0.396 e. The molecule has 0 aromatic heterocycles. The van der Waals surface area contributed by atoms with E-state index < -0.39 is 0 Å². The lowest BCUT2D eigenvalue weighted by molar-refractivity contribution is 0.109. The fourth-order valence-electron chi connectivity index (χ4n) is 2.53. The van der Waals surface area contributed by atoms with Gasteiger partial charge in [-0.2, -0.15) is 0 Å². The topological polar surface area (TPSA) is 52.6 Å². The van der Waals surface area contributed by atoms with Crippen LogP contribution in [-0.2, 0) is 0 Å². The number of likely N-dealkylation sites (tertiary alicyclic amines) is 1. The average Bonchev–Trinajstić information content (AvgIpc) is 2.40. The number of urea groups is 1. The van der Waals surface area contributed by atoms with Crippen LogP contribution in [0.1, 0.15) is 46.5 Å². The fraction of sp³-hybridized carbons (Fsp3) is 0.929. The molecule has 1 rings (SSSR count). The first-order valence-corrected chi connectivity index (χ1v) is 7.20. The Balaban J connectivity index is 2.44. The SMILES string of the molecule is CCC(CC)(CO)CNC(=O)N1CCCC(C)C1. The molecule has 1 fully saturated rings. The number of nitrogens with one attached hydrogen (secondary N) is 1. The number of hydrogen-bond acceptors (Lipinski definition) is 2. The zero-order chi connectivity index (χ0) is 13.6. The van der Waals surface area contributed by atoms with Crippen LogP contribution in [0.2, 0.25) is 0 Å². The molecule has 0 bridgehead atoms. The van der Waals surface area contributed by atoms with E-state index in [0.29, 0.717) is 12.5 Å². The summed E-state index contributed by atoms with van der Waals surface area (Å²) >= 11 is 0. The van der Waals surface area contributed by atoms with Crippen molar-refractivity contribution in [1.29, 1.82) is 0 Å². The molecular weight excluding hydrogens is 228 g/mol. The van der Waals surface area contributed by atoms with Crippen molar-refractivity contribution >= 4 is 6.03 Å². The lowest BCUT2D eigenvalue weighted by Gasteiger charge is -2.34. The summed E-state index contributed by atoms with van der Waals surface area (Å²) in [5, 5.41) is 12.5. The highest BCUT2D eigenvalue weighted by atomic mass is 16.3. The Labute approximate surface area is 111 Å². The molecule has 4 heteroatoms. The van der Waals surface area contributed by atoms with Crippen LogP contribution in [0.15, 0.2) is 0 Å². The molecule has 0 saturated carbocycles. The Morgan fingerprint density at radius 3 is 2.61 bits per heavy atom. The van der Waals surface area contributed by atoms with Gasteiger partial charge >= 0.3 is 6.03 Å². The van der Waals surface area contributed by atoms with Gasteiger partial charge in [0, 0.05) is 25.0 Å². The quantitative estimate of drug-likeness (QED) is 0.792. The molecule has 18 heavy (non-hydrogen) atoms. The van der Waals surface area contributed by atoms with Crippen LogP contribution < -0.4 is 5.32 Å². The molecule has 106 valence electrons. The molecule has 0 radical (unpaired) electrons. The van der Waals surface area contributed by atoms with E-state index in [1.54, 1.807) is 0 Å². The smallest absolute Gasteiger partial charge is 0.317 e. The van der Waals surface area contributed by atoms with E-state index in [-0.39, 0.29) is 18.1 Å². The van der Waals surface area contributed by atoms with E-state index >= 15 is 0 Å². The molecule has 1 atom stereocenters. The summed E-state index contributed by atoms with van der Waals surface area (Å²) in [5.41, 5.74) is -0.156. The Morgan fingerprint density at radius 1 is 1.44 bits per heavy atom. The van der Waals surface area contributed by atoms with Crippen LogP contribution in [0, 0.1) is 11.3 Å². The predicted molar refractivity (Wildman–Crippen MR) is 73.5 cm³/mol. The third-order valence-electron chi connectivity index (χ3n) is 4.39. The predicted octanol–water partition coefficient (Wildman–Crippen LogP) is 2.23. The molecule has 1 unspecified atom stereocenters. The van der Waals surface area contributed by atoms with Gasteiger partial charge in [-0.25, -0.2) is 4.79 Å². The lowest BCUT2D eigenvalue weighted by Crippen LogP contribution is -2.48. The Morgan fingerprint density at radius 2 is 2.11 bits per heavy atom. The minimum absolute atomic E-state index is 0.0290. The highest BCUT2D eigenvalue weighted by molar-refractivity contribution is 5.74. The van der Waals surface area contributed by atoms with Gasteiger partial charge in [0.05, 0.1) is 6.61 Å². The number of amides is 2. The molecule has 1 aliphatic heterocycles. The monoisotopic (exact) mass is 256 g/mol. The van der Waals surface area contributed by atoms with Gasteiger partial charge in [-0.05, 0) is 31.6 Å². The van der Waals surface area contributed by atoms with E-state index in [9.17, 15) is 9.90 Å². The van der Waals surface area contributed by atoms with E-state index in [4.69, 9.17) is 0 Å².